The van der Waals surface area contributed by atoms with E-state index in [2.05, 4.69) is 23.5 Å². The first kappa shape index (κ1) is 20.9. The van der Waals surface area contributed by atoms with Gasteiger partial charge < -0.3 is 10.1 Å². The Labute approximate surface area is 169 Å². The van der Waals surface area contributed by atoms with Crippen LogP contribution in [0.1, 0.15) is 76.2 Å². The third kappa shape index (κ3) is 6.34. The Morgan fingerprint density at radius 3 is 2.46 bits per heavy atom. The van der Waals surface area contributed by atoms with Gasteiger partial charge in [0.2, 0.25) is 5.91 Å². The molecule has 3 rings (SSSR count). The highest BCUT2D eigenvalue weighted by atomic mass is 16.5. The zero-order valence-corrected chi connectivity index (χ0v) is 17.0. The van der Waals surface area contributed by atoms with Crippen LogP contribution in [0, 0.1) is 22.7 Å². The molecule has 0 radical (unpaired) electrons. The van der Waals surface area contributed by atoms with Crippen molar-refractivity contribution in [2.45, 2.75) is 77.0 Å². The fraction of sp³-hybridized carbons (Fsp3) is 0.667. The topological polar surface area (TPSA) is 62.1 Å². The van der Waals surface area contributed by atoms with Gasteiger partial charge in [0, 0.05) is 18.9 Å². The van der Waals surface area contributed by atoms with Crippen molar-refractivity contribution in [3.63, 3.8) is 0 Å². The molecule has 152 valence electrons. The van der Waals surface area contributed by atoms with E-state index in [4.69, 9.17) is 10.00 Å². The predicted molar refractivity (Wildman–Crippen MR) is 112 cm³/mol. The van der Waals surface area contributed by atoms with Gasteiger partial charge in [0.1, 0.15) is 5.41 Å². The summed E-state index contributed by atoms with van der Waals surface area (Å²) in [7, 11) is 0. The van der Waals surface area contributed by atoms with Crippen LogP contribution in [-0.4, -0.2) is 19.1 Å². The fourth-order valence-corrected chi connectivity index (χ4v) is 4.01. The minimum atomic E-state index is -0.765. The number of amides is 1. The number of rotatable bonds is 11. The number of unbranched alkanes of at least 4 members (excludes halogenated alkanes) is 3. The number of nitrogens with zero attached hydrogens (tertiary/aromatic N) is 1. The lowest BCUT2D eigenvalue weighted by Crippen LogP contribution is -2.22. The Hall–Kier alpha value is -1.86. The van der Waals surface area contributed by atoms with Gasteiger partial charge in [0.05, 0.1) is 6.07 Å². The molecular formula is C24H34N2O2. The van der Waals surface area contributed by atoms with Gasteiger partial charge in [-0.2, -0.15) is 5.26 Å². The smallest absolute Gasteiger partial charge is 0.244 e. The number of carbonyl (C=O) groups excluding carboxylic acids is 1. The van der Waals surface area contributed by atoms with Crippen molar-refractivity contribution in [3.8, 4) is 6.07 Å². The van der Waals surface area contributed by atoms with E-state index in [0.717, 1.165) is 31.2 Å². The van der Waals surface area contributed by atoms with Crippen molar-refractivity contribution in [1.82, 2.24) is 0 Å². The quantitative estimate of drug-likeness (QED) is 0.505. The first-order valence-electron chi connectivity index (χ1n) is 11.1. The molecule has 0 atom stereocenters. The monoisotopic (exact) mass is 382 g/mol. The Kier molecular flexibility index (Phi) is 7.91. The van der Waals surface area contributed by atoms with Crippen molar-refractivity contribution < 1.29 is 9.53 Å². The van der Waals surface area contributed by atoms with Gasteiger partial charge in [-0.25, -0.2) is 0 Å². The number of aryl methyl sites for hydroxylation is 1. The summed E-state index contributed by atoms with van der Waals surface area (Å²) in [5.41, 5.74) is 1.32. The maximum absolute atomic E-state index is 12.1. The summed E-state index contributed by atoms with van der Waals surface area (Å²) in [6.45, 7) is 1.88. The van der Waals surface area contributed by atoms with Crippen LogP contribution in [0.3, 0.4) is 0 Å². The van der Waals surface area contributed by atoms with E-state index in [-0.39, 0.29) is 5.91 Å². The van der Waals surface area contributed by atoms with Gasteiger partial charge in [-0.15, -0.1) is 0 Å². The van der Waals surface area contributed by atoms with Gasteiger partial charge >= 0.3 is 0 Å². The van der Waals surface area contributed by atoms with Gasteiger partial charge in [-0.3, -0.25) is 4.79 Å². The Balaban J connectivity index is 1.22. The molecule has 1 amide bonds. The number of nitrogens with one attached hydrogen (secondary N) is 1. The van der Waals surface area contributed by atoms with E-state index in [1.165, 1.54) is 63.4 Å². The third-order valence-electron chi connectivity index (χ3n) is 6.19. The molecular weight excluding hydrogens is 348 g/mol. The molecule has 0 unspecified atom stereocenters. The summed E-state index contributed by atoms with van der Waals surface area (Å²) in [4.78, 5) is 12.1. The second-order valence-electron chi connectivity index (χ2n) is 8.59. The molecule has 0 spiro atoms. The summed E-state index contributed by atoms with van der Waals surface area (Å²) in [6, 6.07) is 10.2. The minimum Gasteiger partial charge on any atom is -0.381 e. The van der Waals surface area contributed by atoms with Crippen molar-refractivity contribution in [2.75, 3.05) is 18.5 Å². The highest BCUT2D eigenvalue weighted by Crippen LogP contribution is 2.45. The van der Waals surface area contributed by atoms with E-state index in [1.54, 1.807) is 0 Å². The first-order chi connectivity index (χ1) is 13.7. The Bertz CT molecular complexity index is 652. The zero-order chi connectivity index (χ0) is 19.7. The second-order valence-corrected chi connectivity index (χ2v) is 8.59. The highest BCUT2D eigenvalue weighted by Gasteiger charge is 2.50. The SMILES string of the molecule is N#CC1(C(=O)Nc2ccc(CCCCCCOCC3CCCCC3)cc2)CC1. The highest BCUT2D eigenvalue weighted by molar-refractivity contribution is 5.99. The van der Waals surface area contributed by atoms with Crippen molar-refractivity contribution in [1.29, 1.82) is 5.26 Å². The molecule has 2 saturated carbocycles. The average molecular weight is 383 g/mol. The number of nitriles is 1. The molecule has 2 aliphatic rings. The Morgan fingerprint density at radius 1 is 1.07 bits per heavy atom. The molecule has 28 heavy (non-hydrogen) atoms. The largest absolute Gasteiger partial charge is 0.381 e. The van der Waals surface area contributed by atoms with Crippen LogP contribution in [-0.2, 0) is 16.0 Å². The molecule has 4 heteroatoms. The zero-order valence-electron chi connectivity index (χ0n) is 17.0. The molecule has 1 aromatic carbocycles. The van der Waals surface area contributed by atoms with Crippen LogP contribution < -0.4 is 5.32 Å². The molecule has 0 aliphatic heterocycles. The predicted octanol–water partition coefficient (Wildman–Crippen LogP) is 5.63. The number of hydrogen-bond donors (Lipinski definition) is 1. The van der Waals surface area contributed by atoms with E-state index in [1.807, 2.05) is 12.1 Å². The number of anilines is 1. The molecule has 0 bridgehead atoms. The van der Waals surface area contributed by atoms with Crippen LogP contribution in [0.25, 0.3) is 0 Å². The van der Waals surface area contributed by atoms with Crippen molar-refractivity contribution >= 4 is 11.6 Å². The van der Waals surface area contributed by atoms with Crippen LogP contribution >= 0.6 is 0 Å². The lowest BCUT2D eigenvalue weighted by Gasteiger charge is -2.21. The Morgan fingerprint density at radius 2 is 1.79 bits per heavy atom. The third-order valence-corrected chi connectivity index (χ3v) is 6.19. The van der Waals surface area contributed by atoms with Crippen LogP contribution in [0.2, 0.25) is 0 Å². The summed E-state index contributed by atoms with van der Waals surface area (Å²) in [5, 5.41) is 11.9. The first-order valence-corrected chi connectivity index (χ1v) is 11.1. The van der Waals surface area contributed by atoms with E-state index < -0.39 is 5.41 Å². The fourth-order valence-electron chi connectivity index (χ4n) is 4.01. The van der Waals surface area contributed by atoms with Gasteiger partial charge in [0.25, 0.3) is 0 Å². The molecule has 0 heterocycles. The minimum absolute atomic E-state index is 0.159. The molecule has 4 nitrogen and oxygen atoms in total. The standard InChI is InChI=1S/C24H34N2O2/c25-19-24(15-16-24)23(27)26-22-13-11-20(12-14-22)8-4-1-2-7-17-28-18-21-9-5-3-6-10-21/h11-14,21H,1-10,15-18H2,(H,26,27). The molecule has 2 fully saturated rings. The summed E-state index contributed by atoms with van der Waals surface area (Å²) in [5.74, 6) is 0.657. The normalized spacial score (nSPS) is 18.4. The van der Waals surface area contributed by atoms with Crippen LogP contribution in [0.15, 0.2) is 24.3 Å². The average Bonchev–Trinajstić information content (AvgIpc) is 3.53. The van der Waals surface area contributed by atoms with E-state index >= 15 is 0 Å². The number of ether oxygens (including phenoxy) is 1. The summed E-state index contributed by atoms with van der Waals surface area (Å²) < 4.78 is 5.86. The van der Waals surface area contributed by atoms with Gasteiger partial charge in [-0.05, 0) is 68.6 Å². The maximum atomic E-state index is 12.1. The lowest BCUT2D eigenvalue weighted by molar-refractivity contribution is -0.119. The molecule has 1 aromatic rings. The van der Waals surface area contributed by atoms with E-state index in [9.17, 15) is 4.79 Å². The summed E-state index contributed by atoms with van der Waals surface area (Å²) in [6.07, 6.45) is 14.2. The molecule has 2 aliphatic carbocycles. The number of hydrogen-bond acceptors (Lipinski definition) is 3. The van der Waals surface area contributed by atoms with Crippen molar-refractivity contribution in [3.05, 3.63) is 29.8 Å². The van der Waals surface area contributed by atoms with Crippen molar-refractivity contribution in [2.24, 2.45) is 11.3 Å². The van der Waals surface area contributed by atoms with Gasteiger partial charge in [-0.1, -0.05) is 44.2 Å². The summed E-state index contributed by atoms with van der Waals surface area (Å²) >= 11 is 0. The van der Waals surface area contributed by atoms with Crippen LogP contribution in [0.5, 0.6) is 0 Å². The van der Waals surface area contributed by atoms with Gasteiger partial charge in [0.15, 0.2) is 0 Å². The lowest BCUT2D eigenvalue weighted by atomic mass is 9.90. The second kappa shape index (κ2) is 10.6. The van der Waals surface area contributed by atoms with Crippen LogP contribution in [0.4, 0.5) is 5.69 Å². The molecule has 1 N–H and O–H groups in total. The molecule has 0 saturated heterocycles. The number of benzene rings is 1. The molecule has 0 aromatic heterocycles. The maximum Gasteiger partial charge on any atom is 0.244 e. The van der Waals surface area contributed by atoms with E-state index in [0.29, 0.717) is 12.8 Å². The number of carbonyl (C=O) groups is 1.